The Hall–Kier alpha value is -1.29. The van der Waals surface area contributed by atoms with Crippen molar-refractivity contribution in [3.05, 3.63) is 12.3 Å². The summed E-state index contributed by atoms with van der Waals surface area (Å²) >= 11 is 1.08. The molecule has 2 aromatic rings. The third-order valence-electron chi connectivity index (χ3n) is 2.81. The maximum atomic E-state index is 11.3. The molecule has 102 valence electrons. The first-order chi connectivity index (χ1) is 9.04. The molecule has 19 heavy (non-hydrogen) atoms. The average Bonchev–Trinajstić information content (AvgIpc) is 2.82. The standard InChI is InChI=1S/C10H12N4O3S2/c11-19(15,16)9-5-7-8(18-9)6-12-10(13-7)14-1-3-17-4-2-14/h5-6H,1-4H2,(H2,11,15,16). The van der Waals surface area contributed by atoms with E-state index in [0.29, 0.717) is 29.4 Å². The summed E-state index contributed by atoms with van der Waals surface area (Å²) in [5.41, 5.74) is 0.602. The normalized spacial score (nSPS) is 17.0. The maximum absolute atomic E-state index is 11.3. The van der Waals surface area contributed by atoms with E-state index < -0.39 is 10.0 Å². The van der Waals surface area contributed by atoms with Crippen molar-refractivity contribution >= 4 is 37.5 Å². The lowest BCUT2D eigenvalue weighted by molar-refractivity contribution is 0.122. The lowest BCUT2D eigenvalue weighted by Gasteiger charge is -2.26. The number of rotatable bonds is 2. The minimum atomic E-state index is -3.69. The molecule has 1 saturated heterocycles. The molecule has 1 aliphatic rings. The Bertz CT molecular complexity index is 707. The molecule has 0 aromatic carbocycles. The number of aromatic nitrogens is 2. The monoisotopic (exact) mass is 300 g/mol. The van der Waals surface area contributed by atoms with Gasteiger partial charge in [0.1, 0.15) is 4.21 Å². The molecule has 0 unspecified atom stereocenters. The number of ether oxygens (including phenoxy) is 1. The van der Waals surface area contributed by atoms with E-state index in [1.807, 2.05) is 4.90 Å². The van der Waals surface area contributed by atoms with Crippen LogP contribution in [0, 0.1) is 0 Å². The fraction of sp³-hybridized carbons (Fsp3) is 0.400. The largest absolute Gasteiger partial charge is 0.378 e. The molecule has 1 aliphatic heterocycles. The number of hydrogen-bond donors (Lipinski definition) is 1. The van der Waals surface area contributed by atoms with Crippen molar-refractivity contribution in [1.82, 2.24) is 9.97 Å². The topological polar surface area (TPSA) is 98.4 Å². The van der Waals surface area contributed by atoms with E-state index in [1.54, 1.807) is 6.20 Å². The van der Waals surface area contributed by atoms with Gasteiger partial charge in [0.15, 0.2) is 0 Å². The Labute approximate surface area is 114 Å². The smallest absolute Gasteiger partial charge is 0.247 e. The fourth-order valence-corrected chi connectivity index (χ4v) is 3.57. The van der Waals surface area contributed by atoms with E-state index in [4.69, 9.17) is 9.88 Å². The molecule has 3 rings (SSSR count). The zero-order valence-electron chi connectivity index (χ0n) is 9.94. The van der Waals surface area contributed by atoms with Gasteiger partial charge >= 0.3 is 0 Å². The van der Waals surface area contributed by atoms with Gasteiger partial charge in [0, 0.05) is 13.1 Å². The van der Waals surface area contributed by atoms with Gasteiger partial charge in [-0.1, -0.05) is 0 Å². The number of primary sulfonamides is 1. The molecule has 7 nitrogen and oxygen atoms in total. The molecule has 0 radical (unpaired) electrons. The van der Waals surface area contributed by atoms with Gasteiger partial charge in [0.25, 0.3) is 0 Å². The molecule has 0 spiro atoms. The predicted octanol–water partition coefficient (Wildman–Crippen LogP) is 0.175. The first kappa shape index (κ1) is 12.7. The van der Waals surface area contributed by atoms with Crippen LogP contribution in [-0.2, 0) is 14.8 Å². The molecule has 1 fully saturated rings. The van der Waals surface area contributed by atoms with Gasteiger partial charge in [-0.3, -0.25) is 0 Å². The van der Waals surface area contributed by atoms with Crippen LogP contribution in [0.5, 0.6) is 0 Å². The highest BCUT2D eigenvalue weighted by Crippen LogP contribution is 2.27. The van der Waals surface area contributed by atoms with Gasteiger partial charge in [-0.2, -0.15) is 0 Å². The highest BCUT2D eigenvalue weighted by Gasteiger charge is 2.17. The molecule has 0 bridgehead atoms. The van der Waals surface area contributed by atoms with Crippen LogP contribution >= 0.6 is 11.3 Å². The Morgan fingerprint density at radius 1 is 1.37 bits per heavy atom. The Morgan fingerprint density at radius 3 is 2.79 bits per heavy atom. The predicted molar refractivity (Wildman–Crippen MR) is 71.8 cm³/mol. The summed E-state index contributed by atoms with van der Waals surface area (Å²) < 4.78 is 28.7. The Balaban J connectivity index is 2.00. The summed E-state index contributed by atoms with van der Waals surface area (Å²) in [5, 5.41) is 5.11. The molecule has 0 aliphatic carbocycles. The number of fused-ring (bicyclic) bond motifs is 1. The minimum absolute atomic E-state index is 0.107. The molecular weight excluding hydrogens is 288 g/mol. The molecule has 0 atom stereocenters. The quantitative estimate of drug-likeness (QED) is 0.849. The summed E-state index contributed by atoms with van der Waals surface area (Å²) in [6.07, 6.45) is 1.63. The van der Waals surface area contributed by atoms with Crippen LogP contribution in [0.4, 0.5) is 5.95 Å². The number of sulfonamides is 1. The summed E-state index contributed by atoms with van der Waals surface area (Å²) in [5.74, 6) is 0.592. The lowest BCUT2D eigenvalue weighted by Crippen LogP contribution is -2.37. The summed E-state index contributed by atoms with van der Waals surface area (Å²) in [6, 6.07) is 1.49. The van der Waals surface area contributed by atoms with Crippen LogP contribution < -0.4 is 10.0 Å². The van der Waals surface area contributed by atoms with E-state index in [0.717, 1.165) is 24.4 Å². The van der Waals surface area contributed by atoms with Crippen molar-refractivity contribution in [2.24, 2.45) is 5.14 Å². The molecule has 0 amide bonds. The minimum Gasteiger partial charge on any atom is -0.378 e. The van der Waals surface area contributed by atoms with Crippen LogP contribution in [0.3, 0.4) is 0 Å². The number of morpholine rings is 1. The summed E-state index contributed by atoms with van der Waals surface area (Å²) in [4.78, 5) is 10.7. The zero-order valence-corrected chi connectivity index (χ0v) is 11.6. The van der Waals surface area contributed by atoms with Gasteiger partial charge in [-0.05, 0) is 6.07 Å². The van der Waals surface area contributed by atoms with Crippen molar-refractivity contribution in [2.45, 2.75) is 4.21 Å². The van der Waals surface area contributed by atoms with Crippen molar-refractivity contribution in [3.8, 4) is 0 Å². The summed E-state index contributed by atoms with van der Waals surface area (Å²) in [6.45, 7) is 2.76. The Kier molecular flexibility index (Phi) is 3.13. The average molecular weight is 300 g/mol. The number of thiophene rings is 1. The van der Waals surface area contributed by atoms with Crippen molar-refractivity contribution in [2.75, 3.05) is 31.2 Å². The lowest BCUT2D eigenvalue weighted by atomic mass is 10.4. The highest BCUT2D eigenvalue weighted by atomic mass is 32.2. The summed E-state index contributed by atoms with van der Waals surface area (Å²) in [7, 11) is -3.69. The molecule has 3 heterocycles. The van der Waals surface area contributed by atoms with Crippen LogP contribution in [-0.4, -0.2) is 44.7 Å². The van der Waals surface area contributed by atoms with Gasteiger partial charge in [-0.15, -0.1) is 11.3 Å². The third-order valence-corrected chi connectivity index (χ3v) is 5.29. The van der Waals surface area contributed by atoms with Crippen LogP contribution in [0.1, 0.15) is 0 Å². The van der Waals surface area contributed by atoms with Crippen molar-refractivity contribution < 1.29 is 13.2 Å². The van der Waals surface area contributed by atoms with Crippen molar-refractivity contribution in [3.63, 3.8) is 0 Å². The van der Waals surface area contributed by atoms with Crippen molar-refractivity contribution in [1.29, 1.82) is 0 Å². The van der Waals surface area contributed by atoms with E-state index in [1.165, 1.54) is 6.07 Å². The van der Waals surface area contributed by atoms with E-state index in [9.17, 15) is 8.42 Å². The molecule has 2 aromatic heterocycles. The van der Waals surface area contributed by atoms with E-state index >= 15 is 0 Å². The van der Waals surface area contributed by atoms with Crippen LogP contribution in [0.15, 0.2) is 16.5 Å². The van der Waals surface area contributed by atoms with Gasteiger partial charge in [0.05, 0.1) is 29.6 Å². The maximum Gasteiger partial charge on any atom is 0.247 e. The molecule has 9 heteroatoms. The Morgan fingerprint density at radius 2 is 2.11 bits per heavy atom. The van der Waals surface area contributed by atoms with Gasteiger partial charge < -0.3 is 9.64 Å². The number of hydrogen-bond acceptors (Lipinski definition) is 7. The first-order valence-electron chi connectivity index (χ1n) is 5.66. The number of nitrogens with zero attached hydrogens (tertiary/aromatic N) is 3. The molecule has 0 saturated carbocycles. The second kappa shape index (κ2) is 4.67. The molecular formula is C10H12N4O3S2. The fourth-order valence-electron chi connectivity index (χ4n) is 1.86. The van der Waals surface area contributed by atoms with E-state index in [2.05, 4.69) is 9.97 Å². The number of anilines is 1. The van der Waals surface area contributed by atoms with Gasteiger partial charge in [0.2, 0.25) is 16.0 Å². The first-order valence-corrected chi connectivity index (χ1v) is 8.02. The van der Waals surface area contributed by atoms with Crippen LogP contribution in [0.2, 0.25) is 0 Å². The third kappa shape index (κ3) is 2.54. The second-order valence-electron chi connectivity index (χ2n) is 4.13. The number of nitrogens with two attached hydrogens (primary N) is 1. The van der Waals surface area contributed by atoms with Gasteiger partial charge in [-0.25, -0.2) is 23.5 Å². The molecule has 2 N–H and O–H groups in total. The second-order valence-corrected chi connectivity index (χ2v) is 7.00. The highest BCUT2D eigenvalue weighted by molar-refractivity contribution is 7.91. The van der Waals surface area contributed by atoms with Crippen LogP contribution in [0.25, 0.3) is 10.2 Å². The zero-order chi connectivity index (χ0) is 13.5. The SMILES string of the molecule is NS(=O)(=O)c1cc2nc(N3CCOCC3)ncc2s1. The van der Waals surface area contributed by atoms with E-state index in [-0.39, 0.29) is 4.21 Å².